The Labute approximate surface area is 118 Å². The lowest BCUT2D eigenvalue weighted by molar-refractivity contribution is 0.102. The van der Waals surface area contributed by atoms with Crippen molar-refractivity contribution < 1.29 is 9.18 Å². The molecule has 1 aromatic heterocycles. The molecule has 0 bridgehead atoms. The van der Waals surface area contributed by atoms with Crippen molar-refractivity contribution in [2.45, 2.75) is 0 Å². The summed E-state index contributed by atoms with van der Waals surface area (Å²) in [6.07, 6.45) is 1.34. The molecule has 0 aliphatic heterocycles. The van der Waals surface area contributed by atoms with Crippen LogP contribution in [-0.4, -0.2) is 10.9 Å². The summed E-state index contributed by atoms with van der Waals surface area (Å²) in [5.74, 6) is -1.02. The summed E-state index contributed by atoms with van der Waals surface area (Å²) in [5, 5.41) is 2.61. The van der Waals surface area contributed by atoms with E-state index in [2.05, 4.69) is 10.3 Å². The summed E-state index contributed by atoms with van der Waals surface area (Å²) >= 11 is 11.6. The highest BCUT2D eigenvalue weighted by molar-refractivity contribution is 6.35. The van der Waals surface area contributed by atoms with E-state index >= 15 is 0 Å². The van der Waals surface area contributed by atoms with Gasteiger partial charge in [-0.05, 0) is 24.3 Å². The highest BCUT2D eigenvalue weighted by atomic mass is 35.5. The lowest BCUT2D eigenvalue weighted by Crippen LogP contribution is -2.13. The van der Waals surface area contributed by atoms with E-state index in [0.717, 1.165) is 6.07 Å². The Kier molecular flexibility index (Phi) is 3.87. The molecule has 0 saturated heterocycles. The molecule has 0 spiro atoms. The molecule has 0 fully saturated rings. The summed E-state index contributed by atoms with van der Waals surface area (Å²) in [5.41, 5.74) is 6.22. The van der Waals surface area contributed by atoms with Crippen molar-refractivity contribution in [3.8, 4) is 0 Å². The SMILES string of the molecule is Nc1cnc(Cl)c(C(=O)Nc2ccc(F)cc2Cl)c1. The summed E-state index contributed by atoms with van der Waals surface area (Å²) in [7, 11) is 0. The van der Waals surface area contributed by atoms with Crippen LogP contribution in [0.2, 0.25) is 10.2 Å². The lowest BCUT2D eigenvalue weighted by atomic mass is 10.2. The van der Waals surface area contributed by atoms with Crippen LogP contribution in [0.1, 0.15) is 10.4 Å². The number of halogens is 3. The van der Waals surface area contributed by atoms with Gasteiger partial charge in [-0.3, -0.25) is 4.79 Å². The number of hydrogen-bond acceptors (Lipinski definition) is 3. The van der Waals surface area contributed by atoms with Gasteiger partial charge in [-0.1, -0.05) is 23.2 Å². The maximum Gasteiger partial charge on any atom is 0.258 e. The van der Waals surface area contributed by atoms with Crippen molar-refractivity contribution in [1.29, 1.82) is 0 Å². The van der Waals surface area contributed by atoms with Gasteiger partial charge in [0, 0.05) is 0 Å². The topological polar surface area (TPSA) is 68.0 Å². The number of carbonyl (C=O) groups is 1. The second-order valence-corrected chi connectivity index (χ2v) is 4.45. The van der Waals surface area contributed by atoms with Crippen LogP contribution >= 0.6 is 23.2 Å². The van der Waals surface area contributed by atoms with E-state index in [1.165, 1.54) is 24.4 Å². The number of nitrogens with one attached hydrogen (secondary N) is 1. The van der Waals surface area contributed by atoms with Gasteiger partial charge in [0.15, 0.2) is 0 Å². The molecule has 0 unspecified atom stereocenters. The Morgan fingerprint density at radius 2 is 2.05 bits per heavy atom. The molecule has 2 rings (SSSR count). The molecular formula is C12H8Cl2FN3O. The normalized spacial score (nSPS) is 10.3. The summed E-state index contributed by atoms with van der Waals surface area (Å²) in [6, 6.07) is 5.02. The number of nitrogens with two attached hydrogens (primary N) is 1. The van der Waals surface area contributed by atoms with Crippen LogP contribution in [-0.2, 0) is 0 Å². The second kappa shape index (κ2) is 5.42. The van der Waals surface area contributed by atoms with E-state index < -0.39 is 11.7 Å². The van der Waals surface area contributed by atoms with Crippen LogP contribution in [0.5, 0.6) is 0 Å². The Morgan fingerprint density at radius 3 is 2.74 bits per heavy atom. The fourth-order valence-corrected chi connectivity index (χ4v) is 1.81. The molecule has 98 valence electrons. The van der Waals surface area contributed by atoms with Crippen molar-refractivity contribution >= 4 is 40.5 Å². The number of carbonyl (C=O) groups excluding carboxylic acids is 1. The van der Waals surface area contributed by atoms with E-state index in [9.17, 15) is 9.18 Å². The Balaban J connectivity index is 2.28. The number of nitrogens with zero attached hydrogens (tertiary/aromatic N) is 1. The van der Waals surface area contributed by atoms with Crippen LogP contribution in [0, 0.1) is 5.82 Å². The summed E-state index contributed by atoms with van der Waals surface area (Å²) in [4.78, 5) is 15.7. The highest BCUT2D eigenvalue weighted by Gasteiger charge is 2.13. The third kappa shape index (κ3) is 3.13. The molecule has 1 amide bonds. The van der Waals surface area contributed by atoms with Crippen molar-refractivity contribution in [3.05, 3.63) is 52.0 Å². The maximum atomic E-state index is 12.9. The largest absolute Gasteiger partial charge is 0.397 e. The maximum absolute atomic E-state index is 12.9. The van der Waals surface area contributed by atoms with Gasteiger partial charge in [0.2, 0.25) is 0 Å². The van der Waals surface area contributed by atoms with E-state index in [1.807, 2.05) is 0 Å². The van der Waals surface area contributed by atoms with Crippen LogP contribution in [0.4, 0.5) is 15.8 Å². The van der Waals surface area contributed by atoms with Crippen LogP contribution < -0.4 is 11.1 Å². The lowest BCUT2D eigenvalue weighted by Gasteiger charge is -2.08. The molecule has 0 aliphatic carbocycles. The molecule has 7 heteroatoms. The average Bonchev–Trinajstić information content (AvgIpc) is 2.35. The molecule has 19 heavy (non-hydrogen) atoms. The van der Waals surface area contributed by atoms with E-state index in [0.29, 0.717) is 5.69 Å². The van der Waals surface area contributed by atoms with Gasteiger partial charge in [-0.2, -0.15) is 0 Å². The third-order valence-electron chi connectivity index (χ3n) is 2.28. The van der Waals surface area contributed by atoms with E-state index in [-0.39, 0.29) is 21.4 Å². The first kappa shape index (κ1) is 13.6. The number of benzene rings is 1. The van der Waals surface area contributed by atoms with Gasteiger partial charge in [0.05, 0.1) is 28.2 Å². The first-order valence-corrected chi connectivity index (χ1v) is 5.90. The molecular weight excluding hydrogens is 292 g/mol. The fourth-order valence-electron chi connectivity index (χ4n) is 1.40. The van der Waals surface area contributed by atoms with Crippen LogP contribution in [0.15, 0.2) is 30.5 Å². The molecule has 0 saturated carbocycles. The number of anilines is 2. The van der Waals surface area contributed by atoms with Gasteiger partial charge < -0.3 is 11.1 Å². The number of hydrogen-bond donors (Lipinski definition) is 2. The van der Waals surface area contributed by atoms with Crippen LogP contribution in [0.25, 0.3) is 0 Å². The monoisotopic (exact) mass is 299 g/mol. The highest BCUT2D eigenvalue weighted by Crippen LogP contribution is 2.24. The molecule has 3 N–H and O–H groups in total. The van der Waals surface area contributed by atoms with Gasteiger partial charge in [-0.25, -0.2) is 9.37 Å². The molecule has 1 heterocycles. The fraction of sp³-hybridized carbons (Fsp3) is 0. The van der Waals surface area contributed by atoms with Gasteiger partial charge in [0.1, 0.15) is 11.0 Å². The Bertz CT molecular complexity index is 649. The molecule has 4 nitrogen and oxygen atoms in total. The molecule has 0 atom stereocenters. The summed E-state index contributed by atoms with van der Waals surface area (Å²) < 4.78 is 12.9. The van der Waals surface area contributed by atoms with Gasteiger partial charge in [-0.15, -0.1) is 0 Å². The molecule has 2 aromatic rings. The second-order valence-electron chi connectivity index (χ2n) is 3.69. The first-order chi connectivity index (χ1) is 8.97. The van der Waals surface area contributed by atoms with Gasteiger partial charge >= 0.3 is 0 Å². The Hall–Kier alpha value is -1.85. The van der Waals surface area contributed by atoms with Crippen molar-refractivity contribution in [3.63, 3.8) is 0 Å². The predicted octanol–water partition coefficient (Wildman–Crippen LogP) is 3.36. The zero-order chi connectivity index (χ0) is 14.0. The van der Waals surface area contributed by atoms with Gasteiger partial charge in [0.25, 0.3) is 5.91 Å². The molecule has 1 aromatic carbocycles. The minimum Gasteiger partial charge on any atom is -0.397 e. The number of rotatable bonds is 2. The third-order valence-corrected chi connectivity index (χ3v) is 2.90. The van der Waals surface area contributed by atoms with Crippen molar-refractivity contribution in [2.75, 3.05) is 11.1 Å². The minimum absolute atomic E-state index is 0.0185. The number of aromatic nitrogens is 1. The standard InChI is InChI=1S/C12H8Cl2FN3O/c13-9-3-6(15)1-2-10(9)18-12(19)8-4-7(16)5-17-11(8)14/h1-5H,16H2,(H,18,19). The Morgan fingerprint density at radius 1 is 1.32 bits per heavy atom. The van der Waals surface area contributed by atoms with E-state index in [4.69, 9.17) is 28.9 Å². The van der Waals surface area contributed by atoms with Crippen LogP contribution in [0.3, 0.4) is 0 Å². The number of pyridine rings is 1. The zero-order valence-electron chi connectivity index (χ0n) is 9.45. The van der Waals surface area contributed by atoms with Crippen molar-refractivity contribution in [1.82, 2.24) is 4.98 Å². The molecule has 0 aliphatic rings. The van der Waals surface area contributed by atoms with Crippen molar-refractivity contribution in [2.24, 2.45) is 0 Å². The molecule has 0 radical (unpaired) electrons. The predicted molar refractivity (Wildman–Crippen MR) is 73.0 cm³/mol. The number of nitrogen functional groups attached to an aromatic ring is 1. The minimum atomic E-state index is -0.529. The zero-order valence-corrected chi connectivity index (χ0v) is 11.0. The smallest absolute Gasteiger partial charge is 0.258 e. The number of amides is 1. The quantitative estimate of drug-likeness (QED) is 0.836. The average molecular weight is 300 g/mol. The first-order valence-electron chi connectivity index (χ1n) is 5.15. The van der Waals surface area contributed by atoms with E-state index in [1.54, 1.807) is 0 Å². The summed E-state index contributed by atoms with van der Waals surface area (Å²) in [6.45, 7) is 0.